The molecule has 0 aromatic carbocycles. The first-order chi connectivity index (χ1) is 5.83. The van der Waals surface area contributed by atoms with Gasteiger partial charge in [-0.25, -0.2) is 5.48 Å². The minimum atomic E-state index is -0.121. The second-order valence-corrected chi connectivity index (χ2v) is 3.09. The largest absolute Gasteiger partial charge is 0.330 e. The van der Waals surface area contributed by atoms with Crippen molar-refractivity contribution in [2.45, 2.75) is 38.2 Å². The SMILES string of the molecule is NCCC(=O)NOC1CCCC1. The van der Waals surface area contributed by atoms with Crippen LogP contribution in [0.5, 0.6) is 0 Å². The highest BCUT2D eigenvalue weighted by molar-refractivity contribution is 5.74. The highest BCUT2D eigenvalue weighted by Crippen LogP contribution is 2.19. The van der Waals surface area contributed by atoms with Crippen LogP contribution in [0, 0.1) is 0 Å². The molecule has 0 spiro atoms. The maximum Gasteiger partial charge on any atom is 0.244 e. The molecule has 0 heterocycles. The van der Waals surface area contributed by atoms with E-state index in [1.165, 1.54) is 12.8 Å². The number of nitrogens with one attached hydrogen (secondary N) is 1. The number of rotatable bonds is 4. The summed E-state index contributed by atoms with van der Waals surface area (Å²) < 4.78 is 0. The van der Waals surface area contributed by atoms with Crippen LogP contribution in [0.25, 0.3) is 0 Å². The number of hydrogen-bond donors (Lipinski definition) is 2. The van der Waals surface area contributed by atoms with Crippen molar-refractivity contribution >= 4 is 5.91 Å². The van der Waals surface area contributed by atoms with Gasteiger partial charge in [-0.2, -0.15) is 0 Å². The maximum atomic E-state index is 10.9. The molecule has 1 aliphatic rings. The smallest absolute Gasteiger partial charge is 0.244 e. The second kappa shape index (κ2) is 5.11. The lowest BCUT2D eigenvalue weighted by molar-refractivity contribution is -0.137. The summed E-state index contributed by atoms with van der Waals surface area (Å²) in [6.07, 6.45) is 5.10. The molecule has 3 N–H and O–H groups in total. The fourth-order valence-corrected chi connectivity index (χ4v) is 1.34. The average molecular weight is 172 g/mol. The molecule has 1 rings (SSSR count). The Balaban J connectivity index is 2.03. The molecule has 4 nitrogen and oxygen atoms in total. The summed E-state index contributed by atoms with van der Waals surface area (Å²) >= 11 is 0. The lowest BCUT2D eigenvalue weighted by atomic mass is 10.3. The highest BCUT2D eigenvalue weighted by atomic mass is 16.7. The third-order valence-electron chi connectivity index (χ3n) is 2.01. The van der Waals surface area contributed by atoms with Crippen LogP contribution in [0.1, 0.15) is 32.1 Å². The number of amides is 1. The van der Waals surface area contributed by atoms with E-state index in [1.807, 2.05) is 0 Å². The van der Waals surface area contributed by atoms with Gasteiger partial charge in [-0.15, -0.1) is 0 Å². The van der Waals surface area contributed by atoms with Gasteiger partial charge < -0.3 is 5.73 Å². The Bertz CT molecular complexity index is 144. The summed E-state index contributed by atoms with van der Waals surface area (Å²) in [5, 5.41) is 0. The minimum Gasteiger partial charge on any atom is -0.330 e. The molecule has 4 heteroatoms. The first-order valence-corrected chi connectivity index (χ1v) is 4.47. The molecule has 0 aliphatic heterocycles. The molecule has 70 valence electrons. The molecule has 1 aliphatic carbocycles. The Labute approximate surface area is 72.4 Å². The van der Waals surface area contributed by atoms with Crippen LogP contribution < -0.4 is 11.2 Å². The zero-order chi connectivity index (χ0) is 8.81. The molecule has 1 fully saturated rings. The van der Waals surface area contributed by atoms with Crippen LogP contribution in [0.2, 0.25) is 0 Å². The van der Waals surface area contributed by atoms with E-state index in [-0.39, 0.29) is 12.0 Å². The summed E-state index contributed by atoms with van der Waals surface area (Å²) in [5.41, 5.74) is 7.60. The van der Waals surface area contributed by atoms with Crippen LogP contribution in [0.15, 0.2) is 0 Å². The van der Waals surface area contributed by atoms with Gasteiger partial charge >= 0.3 is 0 Å². The van der Waals surface area contributed by atoms with Gasteiger partial charge in [0, 0.05) is 13.0 Å². The minimum absolute atomic E-state index is 0.121. The van der Waals surface area contributed by atoms with Crippen molar-refractivity contribution in [1.29, 1.82) is 0 Å². The maximum absolute atomic E-state index is 10.9. The zero-order valence-corrected chi connectivity index (χ0v) is 7.21. The topological polar surface area (TPSA) is 64.4 Å². The van der Waals surface area contributed by atoms with E-state index in [2.05, 4.69) is 5.48 Å². The fraction of sp³-hybridized carbons (Fsp3) is 0.875. The fourth-order valence-electron chi connectivity index (χ4n) is 1.34. The quantitative estimate of drug-likeness (QED) is 0.600. The summed E-state index contributed by atoms with van der Waals surface area (Å²) in [5.74, 6) is -0.121. The van der Waals surface area contributed by atoms with E-state index >= 15 is 0 Å². The summed E-state index contributed by atoms with van der Waals surface area (Å²) in [6.45, 7) is 0.375. The van der Waals surface area contributed by atoms with E-state index in [0.29, 0.717) is 13.0 Å². The molecule has 1 saturated carbocycles. The van der Waals surface area contributed by atoms with Crippen LogP contribution in [-0.2, 0) is 9.63 Å². The monoisotopic (exact) mass is 172 g/mol. The lowest BCUT2D eigenvalue weighted by Crippen LogP contribution is -2.29. The Morgan fingerprint density at radius 3 is 2.75 bits per heavy atom. The van der Waals surface area contributed by atoms with E-state index < -0.39 is 0 Å². The Kier molecular flexibility index (Phi) is 4.04. The summed E-state index contributed by atoms with van der Waals surface area (Å²) in [4.78, 5) is 16.0. The number of hydrogen-bond acceptors (Lipinski definition) is 3. The van der Waals surface area contributed by atoms with E-state index in [0.717, 1.165) is 12.8 Å². The van der Waals surface area contributed by atoms with Gasteiger partial charge in [-0.05, 0) is 12.8 Å². The molecular weight excluding hydrogens is 156 g/mol. The Hall–Kier alpha value is -0.610. The van der Waals surface area contributed by atoms with E-state index in [1.54, 1.807) is 0 Å². The summed E-state index contributed by atoms with van der Waals surface area (Å²) in [6, 6.07) is 0. The standard InChI is InChI=1S/C8H16N2O2/c9-6-5-8(11)10-12-7-3-1-2-4-7/h7H,1-6,9H2,(H,10,11). The second-order valence-electron chi connectivity index (χ2n) is 3.09. The summed E-state index contributed by atoms with van der Waals surface area (Å²) in [7, 11) is 0. The molecule has 0 radical (unpaired) electrons. The van der Waals surface area contributed by atoms with Gasteiger partial charge in [0.05, 0.1) is 6.10 Å². The predicted octanol–water partition coefficient (Wildman–Crippen LogP) is 0.326. The number of carbonyl (C=O) groups is 1. The van der Waals surface area contributed by atoms with Gasteiger partial charge in [-0.1, -0.05) is 12.8 Å². The van der Waals surface area contributed by atoms with Gasteiger partial charge in [0.2, 0.25) is 5.91 Å². The molecule has 0 saturated heterocycles. The molecule has 0 bridgehead atoms. The Morgan fingerprint density at radius 1 is 1.50 bits per heavy atom. The van der Waals surface area contributed by atoms with Crippen molar-refractivity contribution in [1.82, 2.24) is 5.48 Å². The Morgan fingerprint density at radius 2 is 2.17 bits per heavy atom. The van der Waals surface area contributed by atoms with Crippen molar-refractivity contribution in [3.63, 3.8) is 0 Å². The highest BCUT2D eigenvalue weighted by Gasteiger charge is 2.16. The molecule has 0 aromatic heterocycles. The molecule has 0 atom stereocenters. The molecule has 12 heavy (non-hydrogen) atoms. The predicted molar refractivity (Wildman–Crippen MR) is 45.2 cm³/mol. The molecule has 0 aromatic rings. The van der Waals surface area contributed by atoms with Crippen molar-refractivity contribution in [3.05, 3.63) is 0 Å². The molecule has 0 unspecified atom stereocenters. The van der Waals surface area contributed by atoms with E-state index in [9.17, 15) is 4.79 Å². The zero-order valence-electron chi connectivity index (χ0n) is 7.21. The first-order valence-electron chi connectivity index (χ1n) is 4.47. The third-order valence-corrected chi connectivity index (χ3v) is 2.01. The van der Waals surface area contributed by atoms with Crippen molar-refractivity contribution in [2.24, 2.45) is 5.73 Å². The van der Waals surface area contributed by atoms with Gasteiger partial charge in [-0.3, -0.25) is 9.63 Å². The van der Waals surface area contributed by atoms with Crippen LogP contribution in [-0.4, -0.2) is 18.6 Å². The van der Waals surface area contributed by atoms with Crippen LogP contribution in [0.4, 0.5) is 0 Å². The number of nitrogens with two attached hydrogens (primary N) is 1. The van der Waals surface area contributed by atoms with Gasteiger partial charge in [0.15, 0.2) is 0 Å². The van der Waals surface area contributed by atoms with Gasteiger partial charge in [0.1, 0.15) is 0 Å². The normalized spacial score (nSPS) is 18.1. The van der Waals surface area contributed by atoms with Crippen molar-refractivity contribution < 1.29 is 9.63 Å². The molecule has 1 amide bonds. The van der Waals surface area contributed by atoms with E-state index in [4.69, 9.17) is 10.6 Å². The first kappa shape index (κ1) is 9.48. The van der Waals surface area contributed by atoms with Crippen molar-refractivity contribution in [3.8, 4) is 0 Å². The lowest BCUT2D eigenvalue weighted by Gasteiger charge is -2.10. The van der Waals surface area contributed by atoms with Gasteiger partial charge in [0.25, 0.3) is 0 Å². The molecular formula is C8H16N2O2. The van der Waals surface area contributed by atoms with Crippen LogP contribution in [0.3, 0.4) is 0 Å². The number of carbonyl (C=O) groups excluding carboxylic acids is 1. The third kappa shape index (κ3) is 3.19. The van der Waals surface area contributed by atoms with Crippen molar-refractivity contribution in [2.75, 3.05) is 6.54 Å². The van der Waals surface area contributed by atoms with Crippen LogP contribution >= 0.6 is 0 Å². The number of hydroxylamine groups is 1. The average Bonchev–Trinajstić information content (AvgIpc) is 2.53.